The Labute approximate surface area is 113 Å². The zero-order valence-electron chi connectivity index (χ0n) is 11.4. The topological polar surface area (TPSA) is 59.0 Å². The van der Waals surface area contributed by atoms with Gasteiger partial charge in [-0.3, -0.25) is 4.79 Å². The standard InChI is InChI=1S/C14H22N4O/c1-15-10-2-4-11(5-3-10)17-13-14(19)18(9-8-16-13)12-6-7-12/h8-12,15H,2-7H2,1H3,(H,16,17). The van der Waals surface area contributed by atoms with E-state index in [1.54, 1.807) is 6.20 Å². The average Bonchev–Trinajstić information content (AvgIpc) is 3.26. The predicted molar refractivity (Wildman–Crippen MR) is 75.5 cm³/mol. The molecule has 1 aromatic heterocycles. The third-order valence-corrected chi connectivity index (χ3v) is 4.28. The van der Waals surface area contributed by atoms with Gasteiger partial charge in [-0.25, -0.2) is 4.98 Å². The highest BCUT2D eigenvalue weighted by Gasteiger charge is 2.26. The van der Waals surface area contributed by atoms with Crippen LogP contribution in [0.15, 0.2) is 17.2 Å². The van der Waals surface area contributed by atoms with Gasteiger partial charge in [0.15, 0.2) is 5.82 Å². The van der Waals surface area contributed by atoms with Gasteiger partial charge in [-0.15, -0.1) is 0 Å². The minimum absolute atomic E-state index is 0.0424. The summed E-state index contributed by atoms with van der Waals surface area (Å²) in [5.41, 5.74) is 0.0424. The molecule has 0 radical (unpaired) electrons. The summed E-state index contributed by atoms with van der Waals surface area (Å²) >= 11 is 0. The van der Waals surface area contributed by atoms with Crippen molar-refractivity contribution in [2.75, 3.05) is 12.4 Å². The molecule has 0 spiro atoms. The van der Waals surface area contributed by atoms with Crippen molar-refractivity contribution in [3.63, 3.8) is 0 Å². The van der Waals surface area contributed by atoms with Gasteiger partial charge in [0.1, 0.15) is 0 Å². The fourth-order valence-corrected chi connectivity index (χ4v) is 2.88. The van der Waals surface area contributed by atoms with Gasteiger partial charge < -0.3 is 15.2 Å². The molecule has 0 amide bonds. The SMILES string of the molecule is CNC1CCC(Nc2nccn(C3CC3)c2=O)CC1. The van der Waals surface area contributed by atoms with E-state index in [9.17, 15) is 4.79 Å². The molecule has 2 aliphatic carbocycles. The van der Waals surface area contributed by atoms with Crippen LogP contribution < -0.4 is 16.2 Å². The molecule has 0 aromatic carbocycles. The van der Waals surface area contributed by atoms with Crippen LogP contribution in [0.2, 0.25) is 0 Å². The summed E-state index contributed by atoms with van der Waals surface area (Å²) in [7, 11) is 2.02. The molecule has 2 fully saturated rings. The van der Waals surface area contributed by atoms with Crippen molar-refractivity contribution in [3.8, 4) is 0 Å². The first-order valence-electron chi connectivity index (χ1n) is 7.29. The van der Waals surface area contributed by atoms with Crippen LogP contribution in [0, 0.1) is 0 Å². The van der Waals surface area contributed by atoms with Crippen LogP contribution in [0.3, 0.4) is 0 Å². The minimum atomic E-state index is 0.0424. The van der Waals surface area contributed by atoms with E-state index in [1.165, 1.54) is 0 Å². The predicted octanol–water partition coefficient (Wildman–Crippen LogP) is 1.52. The highest BCUT2D eigenvalue weighted by Crippen LogP contribution is 2.33. The van der Waals surface area contributed by atoms with Crippen molar-refractivity contribution in [2.45, 2.75) is 56.7 Å². The third-order valence-electron chi connectivity index (χ3n) is 4.28. The Balaban J connectivity index is 1.67. The summed E-state index contributed by atoms with van der Waals surface area (Å²) in [4.78, 5) is 16.5. The molecular weight excluding hydrogens is 240 g/mol. The van der Waals surface area contributed by atoms with Gasteiger partial charge in [-0.2, -0.15) is 0 Å². The molecule has 19 heavy (non-hydrogen) atoms. The highest BCUT2D eigenvalue weighted by atomic mass is 16.1. The van der Waals surface area contributed by atoms with Crippen molar-refractivity contribution >= 4 is 5.82 Å². The summed E-state index contributed by atoms with van der Waals surface area (Å²) in [5.74, 6) is 0.530. The van der Waals surface area contributed by atoms with Gasteiger partial charge in [0.25, 0.3) is 5.56 Å². The number of nitrogens with zero attached hydrogens (tertiary/aromatic N) is 2. The van der Waals surface area contributed by atoms with E-state index >= 15 is 0 Å². The summed E-state index contributed by atoms with van der Waals surface area (Å²) in [6, 6.07) is 1.43. The molecule has 2 aliphatic rings. The lowest BCUT2D eigenvalue weighted by atomic mass is 9.91. The van der Waals surface area contributed by atoms with E-state index in [1.807, 2.05) is 17.8 Å². The minimum Gasteiger partial charge on any atom is -0.363 e. The Morgan fingerprint density at radius 2 is 1.84 bits per heavy atom. The van der Waals surface area contributed by atoms with Crippen molar-refractivity contribution in [1.82, 2.24) is 14.9 Å². The number of rotatable bonds is 4. The maximum atomic E-state index is 12.3. The second-order valence-corrected chi connectivity index (χ2v) is 5.70. The largest absolute Gasteiger partial charge is 0.363 e. The molecule has 5 heteroatoms. The highest BCUT2D eigenvalue weighted by molar-refractivity contribution is 5.32. The molecule has 2 N–H and O–H groups in total. The average molecular weight is 262 g/mol. The lowest BCUT2D eigenvalue weighted by Gasteiger charge is -2.29. The maximum absolute atomic E-state index is 12.3. The quantitative estimate of drug-likeness (QED) is 0.864. The van der Waals surface area contributed by atoms with E-state index in [0.29, 0.717) is 23.9 Å². The van der Waals surface area contributed by atoms with E-state index < -0.39 is 0 Å². The number of nitrogens with one attached hydrogen (secondary N) is 2. The Morgan fingerprint density at radius 3 is 2.47 bits per heavy atom. The molecule has 0 saturated heterocycles. The zero-order valence-corrected chi connectivity index (χ0v) is 11.4. The first kappa shape index (κ1) is 12.7. The van der Waals surface area contributed by atoms with Gasteiger partial charge in [0, 0.05) is 30.5 Å². The summed E-state index contributed by atoms with van der Waals surface area (Å²) in [6.45, 7) is 0. The molecule has 1 aromatic rings. The van der Waals surface area contributed by atoms with Gasteiger partial charge in [-0.05, 0) is 45.6 Å². The first-order valence-corrected chi connectivity index (χ1v) is 7.29. The molecule has 0 bridgehead atoms. The molecule has 3 rings (SSSR count). The fraction of sp³-hybridized carbons (Fsp3) is 0.714. The van der Waals surface area contributed by atoms with Crippen LogP contribution in [-0.2, 0) is 0 Å². The Morgan fingerprint density at radius 1 is 1.16 bits per heavy atom. The van der Waals surface area contributed by atoms with E-state index in [-0.39, 0.29) is 5.56 Å². The maximum Gasteiger partial charge on any atom is 0.293 e. The smallest absolute Gasteiger partial charge is 0.293 e. The third kappa shape index (κ3) is 2.81. The molecule has 2 saturated carbocycles. The van der Waals surface area contributed by atoms with Gasteiger partial charge in [0.05, 0.1) is 0 Å². The molecule has 0 atom stereocenters. The Bertz CT molecular complexity index is 486. The molecule has 0 aliphatic heterocycles. The van der Waals surface area contributed by atoms with Crippen LogP contribution in [0.25, 0.3) is 0 Å². The summed E-state index contributed by atoms with van der Waals surface area (Å²) in [6.07, 6.45) is 10.3. The fourth-order valence-electron chi connectivity index (χ4n) is 2.88. The normalized spacial score (nSPS) is 27.2. The second kappa shape index (κ2) is 5.33. The van der Waals surface area contributed by atoms with Crippen LogP contribution in [0.1, 0.15) is 44.6 Å². The van der Waals surface area contributed by atoms with E-state index in [2.05, 4.69) is 15.6 Å². The Kier molecular flexibility index (Phi) is 3.55. The number of hydrogen-bond donors (Lipinski definition) is 2. The van der Waals surface area contributed by atoms with Crippen molar-refractivity contribution < 1.29 is 0 Å². The van der Waals surface area contributed by atoms with Crippen LogP contribution >= 0.6 is 0 Å². The van der Waals surface area contributed by atoms with Gasteiger partial charge >= 0.3 is 0 Å². The molecule has 0 unspecified atom stereocenters. The molecular formula is C14H22N4O. The van der Waals surface area contributed by atoms with Crippen molar-refractivity contribution in [2.24, 2.45) is 0 Å². The van der Waals surface area contributed by atoms with Crippen LogP contribution in [0.5, 0.6) is 0 Å². The second-order valence-electron chi connectivity index (χ2n) is 5.70. The zero-order chi connectivity index (χ0) is 13.2. The lowest BCUT2D eigenvalue weighted by Crippen LogP contribution is -2.36. The van der Waals surface area contributed by atoms with Crippen LogP contribution in [0.4, 0.5) is 5.82 Å². The van der Waals surface area contributed by atoms with Crippen molar-refractivity contribution in [3.05, 3.63) is 22.7 Å². The molecule has 104 valence electrons. The monoisotopic (exact) mass is 262 g/mol. The summed E-state index contributed by atoms with van der Waals surface area (Å²) in [5, 5.41) is 6.67. The van der Waals surface area contributed by atoms with Crippen LogP contribution in [-0.4, -0.2) is 28.7 Å². The molecule has 1 heterocycles. The van der Waals surface area contributed by atoms with Crippen molar-refractivity contribution in [1.29, 1.82) is 0 Å². The van der Waals surface area contributed by atoms with Gasteiger partial charge in [0.2, 0.25) is 0 Å². The number of aromatic nitrogens is 2. The van der Waals surface area contributed by atoms with E-state index in [0.717, 1.165) is 38.5 Å². The Hall–Kier alpha value is -1.36. The lowest BCUT2D eigenvalue weighted by molar-refractivity contribution is 0.370. The first-order chi connectivity index (χ1) is 9.28. The van der Waals surface area contributed by atoms with Gasteiger partial charge in [-0.1, -0.05) is 0 Å². The number of anilines is 1. The van der Waals surface area contributed by atoms with E-state index in [4.69, 9.17) is 0 Å². The molecule has 5 nitrogen and oxygen atoms in total. The number of hydrogen-bond acceptors (Lipinski definition) is 4. The summed E-state index contributed by atoms with van der Waals surface area (Å²) < 4.78 is 1.83.